The van der Waals surface area contributed by atoms with Gasteiger partial charge in [0.1, 0.15) is 5.82 Å². The molecule has 2 aromatic carbocycles. The van der Waals surface area contributed by atoms with E-state index in [0.717, 1.165) is 52.3 Å². The minimum atomic E-state index is -0.232. The number of esters is 1. The Morgan fingerprint density at radius 1 is 1.03 bits per heavy atom. The average Bonchev–Trinajstić information content (AvgIpc) is 3.27. The van der Waals surface area contributed by atoms with Crippen LogP contribution in [0.3, 0.4) is 0 Å². The third-order valence-electron chi connectivity index (χ3n) is 6.38. The molecule has 37 heavy (non-hydrogen) atoms. The van der Waals surface area contributed by atoms with Crippen molar-refractivity contribution < 1.29 is 14.6 Å². The fourth-order valence-electron chi connectivity index (χ4n) is 4.55. The molecule has 0 amide bonds. The molecule has 0 unspecified atom stereocenters. The van der Waals surface area contributed by atoms with Crippen molar-refractivity contribution in [2.45, 2.75) is 57.6 Å². The number of nitrogens with one attached hydrogen (secondary N) is 2. The first-order chi connectivity index (χ1) is 18.0. The van der Waals surface area contributed by atoms with Crippen LogP contribution in [-0.4, -0.2) is 44.8 Å². The summed E-state index contributed by atoms with van der Waals surface area (Å²) in [6.07, 6.45) is 4.08. The molecule has 5 rings (SSSR count). The number of hydrogen-bond donors (Lipinski definition) is 3. The van der Waals surface area contributed by atoms with Gasteiger partial charge in [0.2, 0.25) is 5.95 Å². The smallest absolute Gasteiger partial charge is 0.310 e. The lowest BCUT2D eigenvalue weighted by molar-refractivity contribution is -0.142. The molecule has 0 atom stereocenters. The summed E-state index contributed by atoms with van der Waals surface area (Å²) in [5.41, 5.74) is 3.84. The molecule has 0 aliphatic heterocycles. The van der Waals surface area contributed by atoms with Crippen LogP contribution in [0.15, 0.2) is 54.6 Å². The van der Waals surface area contributed by atoms with E-state index in [4.69, 9.17) is 19.7 Å². The molecule has 192 valence electrons. The van der Waals surface area contributed by atoms with Crippen LogP contribution in [0.2, 0.25) is 0 Å². The van der Waals surface area contributed by atoms with Crippen molar-refractivity contribution in [1.82, 2.24) is 15.0 Å². The number of nitrogens with zero attached hydrogens (tertiary/aromatic N) is 3. The highest BCUT2D eigenvalue weighted by Gasteiger charge is 2.20. The normalized spacial score (nSPS) is 17.5. The van der Waals surface area contributed by atoms with E-state index in [9.17, 15) is 9.90 Å². The number of rotatable bonds is 9. The largest absolute Gasteiger partial charge is 0.466 e. The van der Waals surface area contributed by atoms with Gasteiger partial charge in [-0.2, -0.15) is 4.98 Å². The lowest BCUT2D eigenvalue weighted by atomic mass is 9.93. The minimum Gasteiger partial charge on any atom is -0.466 e. The lowest BCUT2D eigenvalue weighted by Gasteiger charge is -2.26. The van der Waals surface area contributed by atoms with Gasteiger partial charge in [0, 0.05) is 18.5 Å². The molecule has 1 saturated carbocycles. The topological polar surface area (TPSA) is 109 Å². The number of ether oxygens (including phenoxy) is 1. The molecule has 8 nitrogen and oxygen atoms in total. The highest BCUT2D eigenvalue weighted by Crippen LogP contribution is 2.30. The number of carbonyl (C=O) groups excluding carboxylic acids is 1. The van der Waals surface area contributed by atoms with Crippen molar-refractivity contribution in [3.63, 3.8) is 0 Å². The molecule has 0 bridgehead atoms. The van der Waals surface area contributed by atoms with Crippen molar-refractivity contribution in [3.8, 4) is 0 Å². The van der Waals surface area contributed by atoms with Crippen molar-refractivity contribution >= 4 is 44.4 Å². The van der Waals surface area contributed by atoms with Crippen LogP contribution in [0.1, 0.15) is 49.4 Å². The Bertz CT molecular complexity index is 1350. The number of thiazole rings is 1. The first kappa shape index (κ1) is 25.1. The first-order valence-electron chi connectivity index (χ1n) is 12.7. The summed E-state index contributed by atoms with van der Waals surface area (Å²) in [6.45, 7) is 2.18. The van der Waals surface area contributed by atoms with Crippen LogP contribution in [0, 0.1) is 0 Å². The predicted octanol–water partition coefficient (Wildman–Crippen LogP) is 5.24. The molecular formula is C28H31N5O3S. The maximum atomic E-state index is 11.9. The Kier molecular flexibility index (Phi) is 7.91. The zero-order valence-electron chi connectivity index (χ0n) is 20.8. The SMILES string of the molecule is CCOC(=O)Cc1ccc2nc(Nc3cc(Cc4ccccc4)nc(NC4CCC(O)CC4)n3)sc2c1. The Balaban J connectivity index is 1.37. The quantitative estimate of drug-likeness (QED) is 0.259. The maximum absolute atomic E-state index is 11.9. The summed E-state index contributed by atoms with van der Waals surface area (Å²) in [4.78, 5) is 26.1. The van der Waals surface area contributed by atoms with E-state index >= 15 is 0 Å². The monoisotopic (exact) mass is 517 g/mol. The Morgan fingerprint density at radius 3 is 2.62 bits per heavy atom. The molecule has 2 heterocycles. The number of aliphatic hydroxyl groups is 1. The fourth-order valence-corrected chi connectivity index (χ4v) is 5.48. The van der Waals surface area contributed by atoms with E-state index in [-0.39, 0.29) is 24.5 Å². The van der Waals surface area contributed by atoms with Gasteiger partial charge in [0.05, 0.1) is 35.0 Å². The average molecular weight is 518 g/mol. The van der Waals surface area contributed by atoms with Crippen LogP contribution in [0.25, 0.3) is 10.2 Å². The number of carbonyl (C=O) groups is 1. The second-order valence-corrected chi connectivity index (χ2v) is 10.3. The van der Waals surface area contributed by atoms with Gasteiger partial charge in [-0.15, -0.1) is 0 Å². The molecule has 0 spiro atoms. The molecule has 4 aromatic rings. The van der Waals surface area contributed by atoms with Crippen LogP contribution >= 0.6 is 11.3 Å². The van der Waals surface area contributed by atoms with Gasteiger partial charge >= 0.3 is 5.97 Å². The molecule has 3 N–H and O–H groups in total. The van der Waals surface area contributed by atoms with Crippen molar-refractivity contribution in [2.75, 3.05) is 17.2 Å². The Hall–Kier alpha value is -3.56. The van der Waals surface area contributed by atoms with Crippen LogP contribution < -0.4 is 10.6 Å². The van der Waals surface area contributed by atoms with Gasteiger partial charge in [0.25, 0.3) is 0 Å². The molecule has 1 fully saturated rings. The summed E-state index contributed by atoms with van der Waals surface area (Å²) in [6, 6.07) is 18.3. The van der Waals surface area contributed by atoms with Gasteiger partial charge in [0.15, 0.2) is 5.13 Å². The second-order valence-electron chi connectivity index (χ2n) is 9.31. The molecule has 0 saturated heterocycles. The predicted molar refractivity (Wildman–Crippen MR) is 146 cm³/mol. The summed E-state index contributed by atoms with van der Waals surface area (Å²) in [5.74, 6) is 1.02. The Morgan fingerprint density at radius 2 is 1.84 bits per heavy atom. The number of hydrogen-bond acceptors (Lipinski definition) is 9. The molecule has 2 aromatic heterocycles. The van der Waals surface area contributed by atoms with E-state index in [1.165, 1.54) is 16.9 Å². The standard InChI is InChI=1S/C28H31N5O3S/c1-2-36-26(35)16-19-8-13-23-24(15-19)37-28(31-23)33-25-17-21(14-18-6-4-3-5-7-18)30-27(32-25)29-20-9-11-22(34)12-10-20/h3-8,13,15,17,20,22,34H,2,9-12,14,16H2,1H3,(H2,29,30,31,32,33). The number of benzene rings is 2. The summed E-state index contributed by atoms with van der Waals surface area (Å²) in [5, 5.41) is 17.4. The zero-order chi connectivity index (χ0) is 25.6. The third kappa shape index (κ3) is 6.81. The summed E-state index contributed by atoms with van der Waals surface area (Å²) in [7, 11) is 0. The maximum Gasteiger partial charge on any atom is 0.310 e. The second kappa shape index (κ2) is 11.7. The number of aliphatic hydroxyl groups excluding tert-OH is 1. The van der Waals surface area contributed by atoms with Gasteiger partial charge in [-0.3, -0.25) is 4.79 Å². The van der Waals surface area contributed by atoms with E-state index in [2.05, 4.69) is 22.8 Å². The lowest BCUT2D eigenvalue weighted by Crippen LogP contribution is -2.29. The molecule has 1 aliphatic rings. The molecule has 9 heteroatoms. The first-order valence-corrected chi connectivity index (χ1v) is 13.5. The van der Waals surface area contributed by atoms with Gasteiger partial charge < -0.3 is 20.5 Å². The fraction of sp³-hybridized carbons (Fsp3) is 0.357. The third-order valence-corrected chi connectivity index (χ3v) is 7.31. The highest BCUT2D eigenvalue weighted by molar-refractivity contribution is 7.22. The van der Waals surface area contributed by atoms with E-state index in [0.29, 0.717) is 24.8 Å². The van der Waals surface area contributed by atoms with Crippen LogP contribution in [0.5, 0.6) is 0 Å². The minimum absolute atomic E-state index is 0.211. The van der Waals surface area contributed by atoms with Crippen molar-refractivity contribution in [1.29, 1.82) is 0 Å². The highest BCUT2D eigenvalue weighted by atomic mass is 32.1. The van der Waals surface area contributed by atoms with Gasteiger partial charge in [-0.25, -0.2) is 9.97 Å². The van der Waals surface area contributed by atoms with Crippen LogP contribution in [0.4, 0.5) is 16.9 Å². The van der Waals surface area contributed by atoms with E-state index < -0.39 is 0 Å². The van der Waals surface area contributed by atoms with Gasteiger partial charge in [-0.05, 0) is 55.9 Å². The molecular weight excluding hydrogens is 486 g/mol. The Labute approximate surface area is 220 Å². The summed E-state index contributed by atoms with van der Waals surface area (Å²) < 4.78 is 6.06. The van der Waals surface area contributed by atoms with Crippen molar-refractivity contribution in [2.24, 2.45) is 0 Å². The number of anilines is 3. The van der Waals surface area contributed by atoms with Gasteiger partial charge in [-0.1, -0.05) is 47.7 Å². The molecule has 1 aliphatic carbocycles. The number of fused-ring (bicyclic) bond motifs is 1. The van der Waals surface area contributed by atoms with E-state index in [1.807, 2.05) is 42.5 Å². The van der Waals surface area contributed by atoms with Crippen LogP contribution in [-0.2, 0) is 22.4 Å². The van der Waals surface area contributed by atoms with E-state index in [1.54, 1.807) is 6.92 Å². The summed E-state index contributed by atoms with van der Waals surface area (Å²) >= 11 is 1.52. The van der Waals surface area contributed by atoms with Crippen molar-refractivity contribution in [3.05, 3.63) is 71.4 Å². The zero-order valence-corrected chi connectivity index (χ0v) is 21.6. The molecule has 0 radical (unpaired) electrons. The number of aromatic nitrogens is 3.